The summed E-state index contributed by atoms with van der Waals surface area (Å²) < 4.78 is 0. The summed E-state index contributed by atoms with van der Waals surface area (Å²) in [6, 6.07) is 9.03. The minimum Gasteiger partial charge on any atom is -0.399 e. The number of pyridine rings is 1. The van der Waals surface area contributed by atoms with Crippen LogP contribution >= 0.6 is 35.0 Å². The van der Waals surface area contributed by atoms with E-state index in [0.29, 0.717) is 15.7 Å². The number of rotatable bonds is 2. The molecule has 0 aliphatic heterocycles. The summed E-state index contributed by atoms with van der Waals surface area (Å²) >= 11 is 13.4. The molecule has 0 aliphatic carbocycles. The summed E-state index contributed by atoms with van der Waals surface area (Å²) in [6.07, 6.45) is 1.66. The van der Waals surface area contributed by atoms with Crippen molar-refractivity contribution in [1.82, 2.24) is 4.98 Å². The Balaban J connectivity index is 2.31. The minimum atomic E-state index is 0.538. The van der Waals surface area contributed by atoms with Crippen molar-refractivity contribution in [2.75, 3.05) is 5.73 Å². The van der Waals surface area contributed by atoms with Gasteiger partial charge in [0.05, 0.1) is 10.0 Å². The van der Waals surface area contributed by atoms with Gasteiger partial charge in [0, 0.05) is 16.8 Å². The predicted molar refractivity (Wildman–Crippen MR) is 69.2 cm³/mol. The Morgan fingerprint density at radius 1 is 1.19 bits per heavy atom. The van der Waals surface area contributed by atoms with Crippen LogP contribution in [0.5, 0.6) is 0 Å². The van der Waals surface area contributed by atoms with Crippen LogP contribution in [-0.2, 0) is 0 Å². The summed E-state index contributed by atoms with van der Waals surface area (Å²) in [5, 5.41) is 1.87. The maximum Gasteiger partial charge on any atom is 0.103 e. The van der Waals surface area contributed by atoms with Crippen molar-refractivity contribution < 1.29 is 0 Å². The molecule has 1 aromatic carbocycles. The molecule has 1 heterocycles. The number of hydrogen-bond acceptors (Lipinski definition) is 3. The number of halogens is 2. The number of anilines is 1. The summed E-state index contributed by atoms with van der Waals surface area (Å²) in [7, 11) is 0. The highest BCUT2D eigenvalue weighted by Gasteiger charge is 2.06. The third-order valence-electron chi connectivity index (χ3n) is 1.89. The average Bonchev–Trinajstić information content (AvgIpc) is 2.25. The Morgan fingerprint density at radius 3 is 2.75 bits per heavy atom. The largest absolute Gasteiger partial charge is 0.399 e. The molecular formula is C11H8Cl2N2S. The quantitative estimate of drug-likeness (QED) is 0.892. The molecule has 2 aromatic rings. The number of aromatic nitrogens is 1. The van der Waals surface area contributed by atoms with Gasteiger partial charge < -0.3 is 5.73 Å². The summed E-state index contributed by atoms with van der Waals surface area (Å²) in [5.74, 6) is 0. The van der Waals surface area contributed by atoms with Gasteiger partial charge in [-0.1, -0.05) is 41.0 Å². The van der Waals surface area contributed by atoms with Crippen molar-refractivity contribution in [2.45, 2.75) is 9.92 Å². The molecule has 2 rings (SSSR count). The topological polar surface area (TPSA) is 38.9 Å². The lowest BCUT2D eigenvalue weighted by atomic mass is 10.4. The zero-order valence-electron chi connectivity index (χ0n) is 8.15. The molecule has 0 bridgehead atoms. The van der Waals surface area contributed by atoms with Crippen LogP contribution in [0.3, 0.4) is 0 Å². The van der Waals surface area contributed by atoms with E-state index in [-0.39, 0.29) is 0 Å². The molecule has 2 nitrogen and oxygen atoms in total. The number of nitrogen functional groups attached to an aromatic ring is 1. The molecule has 0 atom stereocenters. The standard InChI is InChI=1S/C11H8Cl2N2S/c12-8-2-1-3-9(11(8)13)16-10-6-7(14)4-5-15-10/h1-6H,(H2,14,15). The first-order valence-corrected chi connectivity index (χ1v) is 6.07. The molecule has 0 amide bonds. The Kier molecular flexibility index (Phi) is 3.59. The molecule has 82 valence electrons. The Morgan fingerprint density at radius 2 is 2.00 bits per heavy atom. The van der Waals surface area contributed by atoms with E-state index in [1.165, 1.54) is 11.8 Å². The van der Waals surface area contributed by atoms with Gasteiger partial charge in [0.1, 0.15) is 5.03 Å². The van der Waals surface area contributed by atoms with Crippen molar-refractivity contribution in [1.29, 1.82) is 0 Å². The predicted octanol–water partition coefficient (Wildman–Crippen LogP) is 4.12. The van der Waals surface area contributed by atoms with Crippen LogP contribution in [0.4, 0.5) is 5.69 Å². The summed E-state index contributed by atoms with van der Waals surface area (Å²) in [6.45, 7) is 0. The van der Waals surface area contributed by atoms with Crippen LogP contribution in [-0.4, -0.2) is 4.98 Å². The molecule has 0 radical (unpaired) electrons. The smallest absolute Gasteiger partial charge is 0.103 e. The molecule has 16 heavy (non-hydrogen) atoms. The first-order valence-electron chi connectivity index (χ1n) is 4.50. The highest BCUT2D eigenvalue weighted by molar-refractivity contribution is 7.99. The van der Waals surface area contributed by atoms with Crippen LogP contribution < -0.4 is 5.73 Å². The molecule has 0 unspecified atom stereocenters. The van der Waals surface area contributed by atoms with Gasteiger partial charge in [-0.05, 0) is 24.3 Å². The molecule has 0 spiro atoms. The average molecular weight is 271 g/mol. The van der Waals surface area contributed by atoms with Crippen LogP contribution in [0.25, 0.3) is 0 Å². The lowest BCUT2D eigenvalue weighted by Crippen LogP contribution is -1.87. The van der Waals surface area contributed by atoms with Gasteiger partial charge in [0.15, 0.2) is 0 Å². The zero-order valence-corrected chi connectivity index (χ0v) is 10.5. The van der Waals surface area contributed by atoms with E-state index >= 15 is 0 Å². The second-order valence-corrected chi connectivity index (χ2v) is 4.93. The Labute approximate surface area is 108 Å². The van der Waals surface area contributed by atoms with Gasteiger partial charge in [0.25, 0.3) is 0 Å². The van der Waals surface area contributed by atoms with Gasteiger partial charge in [-0.15, -0.1) is 0 Å². The molecule has 1 aromatic heterocycles. The van der Waals surface area contributed by atoms with E-state index < -0.39 is 0 Å². The second kappa shape index (κ2) is 4.95. The van der Waals surface area contributed by atoms with Crippen LogP contribution in [0.15, 0.2) is 46.5 Å². The van der Waals surface area contributed by atoms with E-state index in [2.05, 4.69) is 4.98 Å². The van der Waals surface area contributed by atoms with Crippen molar-refractivity contribution in [3.63, 3.8) is 0 Å². The number of benzene rings is 1. The van der Waals surface area contributed by atoms with Crippen molar-refractivity contribution in [3.05, 3.63) is 46.6 Å². The van der Waals surface area contributed by atoms with Crippen LogP contribution in [0.1, 0.15) is 0 Å². The minimum absolute atomic E-state index is 0.538. The van der Waals surface area contributed by atoms with E-state index in [1.54, 1.807) is 24.4 Å². The normalized spacial score (nSPS) is 10.4. The SMILES string of the molecule is Nc1ccnc(Sc2cccc(Cl)c2Cl)c1. The van der Waals surface area contributed by atoms with Crippen molar-refractivity contribution >= 4 is 40.7 Å². The molecule has 0 fully saturated rings. The van der Waals surface area contributed by atoms with E-state index in [1.807, 2.05) is 12.1 Å². The third kappa shape index (κ3) is 2.61. The monoisotopic (exact) mass is 270 g/mol. The molecule has 0 saturated heterocycles. The highest BCUT2D eigenvalue weighted by Crippen LogP contribution is 2.36. The van der Waals surface area contributed by atoms with E-state index in [4.69, 9.17) is 28.9 Å². The maximum atomic E-state index is 6.07. The number of nitrogens with two attached hydrogens (primary N) is 1. The fourth-order valence-corrected chi connectivity index (χ4v) is 2.51. The third-order valence-corrected chi connectivity index (χ3v) is 3.81. The van der Waals surface area contributed by atoms with Crippen molar-refractivity contribution in [3.8, 4) is 0 Å². The fourth-order valence-electron chi connectivity index (χ4n) is 1.16. The van der Waals surface area contributed by atoms with Gasteiger partial charge in [-0.2, -0.15) is 0 Å². The molecule has 2 N–H and O–H groups in total. The van der Waals surface area contributed by atoms with Crippen molar-refractivity contribution in [2.24, 2.45) is 0 Å². The first-order chi connectivity index (χ1) is 7.66. The molecule has 0 saturated carbocycles. The number of nitrogens with zero attached hydrogens (tertiary/aromatic N) is 1. The van der Waals surface area contributed by atoms with E-state index in [0.717, 1.165) is 9.92 Å². The Hall–Kier alpha value is -0.900. The van der Waals surface area contributed by atoms with Gasteiger partial charge in [-0.3, -0.25) is 0 Å². The zero-order chi connectivity index (χ0) is 11.5. The van der Waals surface area contributed by atoms with Crippen LogP contribution in [0.2, 0.25) is 10.0 Å². The summed E-state index contributed by atoms with van der Waals surface area (Å²) in [4.78, 5) is 5.05. The summed E-state index contributed by atoms with van der Waals surface area (Å²) in [5.41, 5.74) is 6.34. The van der Waals surface area contributed by atoms with Crippen LogP contribution in [0, 0.1) is 0 Å². The molecular weight excluding hydrogens is 263 g/mol. The molecule has 5 heteroatoms. The number of hydrogen-bond donors (Lipinski definition) is 1. The van der Waals surface area contributed by atoms with Gasteiger partial charge in [-0.25, -0.2) is 4.98 Å². The molecule has 0 aliphatic rings. The Bertz CT molecular complexity index is 517. The fraction of sp³-hybridized carbons (Fsp3) is 0. The second-order valence-electron chi connectivity index (χ2n) is 3.08. The lowest BCUT2D eigenvalue weighted by Gasteiger charge is -2.04. The lowest BCUT2D eigenvalue weighted by molar-refractivity contribution is 1.14. The van der Waals surface area contributed by atoms with Gasteiger partial charge in [0.2, 0.25) is 0 Å². The van der Waals surface area contributed by atoms with E-state index in [9.17, 15) is 0 Å². The van der Waals surface area contributed by atoms with Gasteiger partial charge >= 0.3 is 0 Å². The highest BCUT2D eigenvalue weighted by atomic mass is 35.5. The maximum absolute atomic E-state index is 6.07. The first kappa shape index (κ1) is 11.6.